The third-order valence-electron chi connectivity index (χ3n) is 2.88. The van der Waals surface area contributed by atoms with Crippen molar-refractivity contribution in [2.24, 2.45) is 0 Å². The van der Waals surface area contributed by atoms with Crippen molar-refractivity contribution in [2.75, 3.05) is 5.88 Å². The Balaban J connectivity index is 0.000000713. The Morgan fingerprint density at radius 1 is 1.38 bits per heavy atom. The zero-order valence-corrected chi connectivity index (χ0v) is 13.6. The number of terminal acetylenes is 1. The first-order valence-corrected chi connectivity index (χ1v) is 7.11. The summed E-state index contributed by atoms with van der Waals surface area (Å²) in [6.07, 6.45) is 14.0. The maximum absolute atomic E-state index is 12.1. The molecule has 0 radical (unpaired) electrons. The van der Waals surface area contributed by atoms with E-state index in [1.807, 2.05) is 31.4 Å². The summed E-state index contributed by atoms with van der Waals surface area (Å²) < 4.78 is 3.58. The third kappa shape index (κ3) is 4.51. The van der Waals surface area contributed by atoms with Crippen molar-refractivity contribution in [1.82, 2.24) is 14.0 Å². The lowest BCUT2D eigenvalue weighted by Crippen LogP contribution is -2.26. The Morgan fingerprint density at radius 3 is 2.48 bits per heavy atom. The van der Waals surface area contributed by atoms with Crippen molar-refractivity contribution in [3.63, 3.8) is 0 Å². The topological polar surface area (TPSA) is 39.3 Å². The van der Waals surface area contributed by atoms with Crippen LogP contribution < -0.4 is 5.56 Å². The number of alkyl halides is 1. The summed E-state index contributed by atoms with van der Waals surface area (Å²) in [4.78, 5) is 16.2. The van der Waals surface area contributed by atoms with E-state index in [0.29, 0.717) is 18.1 Å². The molecule has 0 aliphatic carbocycles. The fourth-order valence-corrected chi connectivity index (χ4v) is 1.98. The molecule has 5 heteroatoms. The molecule has 0 amide bonds. The molecule has 4 nitrogen and oxygen atoms in total. The van der Waals surface area contributed by atoms with Gasteiger partial charge in [0.15, 0.2) is 0 Å². The van der Waals surface area contributed by atoms with Gasteiger partial charge in [0.2, 0.25) is 5.65 Å². The quantitative estimate of drug-likeness (QED) is 0.496. The molecule has 0 aromatic carbocycles. The van der Waals surface area contributed by atoms with Gasteiger partial charge in [-0.2, -0.15) is 0 Å². The van der Waals surface area contributed by atoms with E-state index in [0.717, 1.165) is 17.8 Å². The molecule has 0 spiro atoms. The number of nitrogens with zero attached hydrogens (tertiary/aromatic N) is 3. The molecule has 0 saturated heterocycles. The molecule has 2 aromatic heterocycles. The van der Waals surface area contributed by atoms with Crippen LogP contribution in [0.15, 0.2) is 29.8 Å². The highest BCUT2D eigenvalue weighted by Crippen LogP contribution is 2.07. The lowest BCUT2D eigenvalue weighted by molar-refractivity contribution is 0.627. The van der Waals surface area contributed by atoms with E-state index in [1.54, 1.807) is 16.8 Å². The molecule has 21 heavy (non-hydrogen) atoms. The van der Waals surface area contributed by atoms with Crippen LogP contribution in [0.5, 0.6) is 0 Å². The molecular weight excluding hydrogens is 286 g/mol. The van der Waals surface area contributed by atoms with Crippen molar-refractivity contribution in [3.05, 3.63) is 46.8 Å². The number of aryl methyl sites for hydroxylation is 1. The Labute approximate surface area is 131 Å². The molecule has 2 aromatic rings. The maximum Gasteiger partial charge on any atom is 0.294 e. The van der Waals surface area contributed by atoms with Gasteiger partial charge in [0.1, 0.15) is 0 Å². The van der Waals surface area contributed by atoms with Crippen molar-refractivity contribution in [2.45, 2.75) is 33.7 Å². The van der Waals surface area contributed by atoms with Crippen molar-refractivity contribution >= 4 is 17.2 Å². The van der Waals surface area contributed by atoms with Crippen LogP contribution in [0.4, 0.5) is 0 Å². The summed E-state index contributed by atoms with van der Waals surface area (Å²) in [5.74, 6) is 0.560. The first-order valence-electron chi connectivity index (χ1n) is 6.57. The molecule has 0 bridgehead atoms. The number of aromatic nitrogens is 3. The molecule has 2 heterocycles. The van der Waals surface area contributed by atoms with Crippen LogP contribution in [0, 0.1) is 26.7 Å². The van der Waals surface area contributed by atoms with Gasteiger partial charge >= 0.3 is 0 Å². The molecule has 114 valence electrons. The average Bonchev–Trinajstić information content (AvgIpc) is 2.98. The van der Waals surface area contributed by atoms with Crippen LogP contribution in [0.25, 0.3) is 5.65 Å². The molecule has 0 fully saturated rings. The molecule has 2 rings (SSSR count). The number of rotatable bonds is 3. The van der Waals surface area contributed by atoms with Gasteiger partial charge in [-0.15, -0.1) is 31.0 Å². The average molecular weight is 308 g/mol. The van der Waals surface area contributed by atoms with Gasteiger partial charge in [-0.1, -0.05) is 6.08 Å². The van der Waals surface area contributed by atoms with Crippen LogP contribution in [-0.4, -0.2) is 19.8 Å². The molecule has 0 aliphatic heterocycles. The van der Waals surface area contributed by atoms with E-state index >= 15 is 0 Å². The predicted octanol–water partition coefficient (Wildman–Crippen LogP) is 3.18. The standard InChI is InChI=1S/C11H14ClN3O.C3H6.C2H2/c1-8-9(2)15(6-3-4-12)11(16)10-13-5-7-14(8)10;1-3-2;1-2/h5,7H,3-4,6H2,1-2H3;3H,1H2,2H3;1-2H. The molecular formula is C16H22ClN3O. The summed E-state index contributed by atoms with van der Waals surface area (Å²) in [5.41, 5.74) is 2.46. The molecule has 0 N–H and O–H groups in total. The van der Waals surface area contributed by atoms with E-state index in [1.165, 1.54) is 0 Å². The zero-order valence-electron chi connectivity index (χ0n) is 12.8. The minimum absolute atomic E-state index is 0.0433. The molecule has 0 aliphatic rings. The molecule has 0 unspecified atom stereocenters. The van der Waals surface area contributed by atoms with E-state index < -0.39 is 0 Å². The zero-order chi connectivity index (χ0) is 16.4. The van der Waals surface area contributed by atoms with Crippen LogP contribution in [0.2, 0.25) is 0 Å². The number of imidazole rings is 1. The summed E-state index contributed by atoms with van der Waals surface area (Å²) >= 11 is 5.66. The van der Waals surface area contributed by atoms with Crippen molar-refractivity contribution < 1.29 is 0 Å². The molecule has 0 atom stereocenters. The van der Waals surface area contributed by atoms with Gasteiger partial charge in [-0.3, -0.25) is 9.20 Å². The predicted molar refractivity (Wildman–Crippen MR) is 90.0 cm³/mol. The Morgan fingerprint density at radius 2 is 1.95 bits per heavy atom. The van der Waals surface area contributed by atoms with Gasteiger partial charge < -0.3 is 4.57 Å². The largest absolute Gasteiger partial charge is 0.308 e. The van der Waals surface area contributed by atoms with Crippen LogP contribution >= 0.6 is 11.6 Å². The van der Waals surface area contributed by atoms with E-state index in [4.69, 9.17) is 11.6 Å². The van der Waals surface area contributed by atoms with Gasteiger partial charge in [0.25, 0.3) is 5.56 Å². The highest BCUT2D eigenvalue weighted by atomic mass is 35.5. The number of fused-ring (bicyclic) bond motifs is 1. The minimum Gasteiger partial charge on any atom is -0.308 e. The van der Waals surface area contributed by atoms with Crippen molar-refractivity contribution in [3.8, 4) is 12.8 Å². The smallest absolute Gasteiger partial charge is 0.294 e. The summed E-state index contributed by atoms with van der Waals surface area (Å²) in [6, 6.07) is 0. The van der Waals surface area contributed by atoms with E-state index in [2.05, 4.69) is 24.4 Å². The SMILES string of the molecule is C#C.C=CC.Cc1c(C)n2ccnc2c(=O)n1CCCCl. The highest BCUT2D eigenvalue weighted by molar-refractivity contribution is 6.17. The highest BCUT2D eigenvalue weighted by Gasteiger charge is 2.10. The van der Waals surface area contributed by atoms with Crippen LogP contribution in [0.1, 0.15) is 24.7 Å². The Kier molecular flexibility index (Phi) is 8.91. The maximum atomic E-state index is 12.1. The Bertz CT molecular complexity index is 653. The van der Waals surface area contributed by atoms with Gasteiger partial charge in [-0.25, -0.2) is 4.98 Å². The second-order valence-electron chi connectivity index (χ2n) is 4.20. The number of hydrogen-bond acceptors (Lipinski definition) is 2. The summed E-state index contributed by atoms with van der Waals surface area (Å²) in [5, 5.41) is 0. The van der Waals surface area contributed by atoms with Gasteiger partial charge in [0.05, 0.1) is 0 Å². The molecule has 0 saturated carbocycles. The first kappa shape index (κ1) is 19.0. The van der Waals surface area contributed by atoms with Gasteiger partial charge in [0, 0.05) is 36.2 Å². The minimum atomic E-state index is -0.0433. The van der Waals surface area contributed by atoms with Crippen molar-refractivity contribution in [1.29, 1.82) is 0 Å². The number of allylic oxidation sites excluding steroid dienone is 1. The lowest BCUT2D eigenvalue weighted by Gasteiger charge is -2.13. The van der Waals surface area contributed by atoms with E-state index in [9.17, 15) is 4.79 Å². The third-order valence-corrected chi connectivity index (χ3v) is 3.15. The lowest BCUT2D eigenvalue weighted by atomic mass is 10.3. The number of hydrogen-bond donors (Lipinski definition) is 0. The monoisotopic (exact) mass is 307 g/mol. The normalized spacial score (nSPS) is 9.24. The van der Waals surface area contributed by atoms with Crippen LogP contribution in [0.3, 0.4) is 0 Å². The van der Waals surface area contributed by atoms with Crippen LogP contribution in [-0.2, 0) is 6.54 Å². The number of halogens is 1. The Hall–Kier alpha value is -1.99. The second kappa shape index (κ2) is 9.84. The first-order chi connectivity index (χ1) is 10.1. The van der Waals surface area contributed by atoms with Gasteiger partial charge in [-0.05, 0) is 27.2 Å². The fraction of sp³-hybridized carbons (Fsp3) is 0.375. The second-order valence-corrected chi connectivity index (χ2v) is 4.58. The summed E-state index contributed by atoms with van der Waals surface area (Å²) in [6.45, 7) is 9.84. The summed E-state index contributed by atoms with van der Waals surface area (Å²) in [7, 11) is 0. The fourth-order valence-electron chi connectivity index (χ4n) is 1.86. The van der Waals surface area contributed by atoms with E-state index in [-0.39, 0.29) is 5.56 Å².